The molecule has 0 radical (unpaired) electrons. The summed E-state index contributed by atoms with van der Waals surface area (Å²) < 4.78 is 33.8. The molecule has 1 unspecified atom stereocenters. The maximum atomic E-state index is 13.7. The molecule has 1 aromatic heterocycles. The second-order valence-electron chi connectivity index (χ2n) is 10.3. The van der Waals surface area contributed by atoms with Gasteiger partial charge < -0.3 is 10.1 Å². The number of aromatic amines is 1. The van der Waals surface area contributed by atoms with Crippen molar-refractivity contribution in [2.45, 2.75) is 59.6 Å². The smallest absolute Gasteiger partial charge is 0.270 e. The van der Waals surface area contributed by atoms with Crippen LogP contribution in [0.1, 0.15) is 71.7 Å². The van der Waals surface area contributed by atoms with Crippen molar-refractivity contribution in [3.05, 3.63) is 94.3 Å². The van der Waals surface area contributed by atoms with Crippen LogP contribution in [0, 0.1) is 19.8 Å². The molecule has 39 heavy (non-hydrogen) atoms. The van der Waals surface area contributed by atoms with Crippen molar-refractivity contribution in [3.63, 3.8) is 0 Å². The van der Waals surface area contributed by atoms with Crippen molar-refractivity contribution in [2.75, 3.05) is 0 Å². The van der Waals surface area contributed by atoms with E-state index in [-0.39, 0.29) is 24.1 Å². The molecular weight excluding hydrogens is 500 g/mol. The van der Waals surface area contributed by atoms with Crippen LogP contribution in [-0.2, 0) is 12.5 Å². The zero-order valence-electron chi connectivity index (χ0n) is 22.8. The Hall–Kier alpha value is -4.14. The van der Waals surface area contributed by atoms with Gasteiger partial charge in [0.05, 0.1) is 6.54 Å². The van der Waals surface area contributed by atoms with Gasteiger partial charge in [0, 0.05) is 18.1 Å². The highest BCUT2D eigenvalue weighted by atomic mass is 19.3. The Morgan fingerprint density at radius 3 is 2.21 bits per heavy atom. The molecule has 204 valence electrons. The third kappa shape index (κ3) is 7.04. The van der Waals surface area contributed by atoms with Crippen LogP contribution in [0.4, 0.5) is 8.78 Å². The van der Waals surface area contributed by atoms with Gasteiger partial charge in [-0.2, -0.15) is 5.21 Å². The number of tetrazole rings is 1. The highest BCUT2D eigenvalue weighted by molar-refractivity contribution is 5.94. The van der Waals surface area contributed by atoms with Crippen LogP contribution >= 0.6 is 0 Å². The molecule has 1 atom stereocenters. The van der Waals surface area contributed by atoms with E-state index in [1.807, 2.05) is 38.1 Å². The molecular formula is C30H33F2N5O2. The van der Waals surface area contributed by atoms with Crippen molar-refractivity contribution in [3.8, 4) is 16.9 Å². The Morgan fingerprint density at radius 1 is 1.03 bits per heavy atom. The maximum Gasteiger partial charge on any atom is 0.270 e. The fourth-order valence-electron chi connectivity index (χ4n) is 4.59. The number of hydrogen-bond acceptors (Lipinski definition) is 5. The van der Waals surface area contributed by atoms with Gasteiger partial charge in [-0.15, -0.1) is 10.2 Å². The van der Waals surface area contributed by atoms with E-state index in [0.717, 1.165) is 46.9 Å². The lowest BCUT2D eigenvalue weighted by atomic mass is 9.94. The molecule has 0 spiro atoms. The van der Waals surface area contributed by atoms with Crippen LogP contribution in [0.25, 0.3) is 11.1 Å². The number of carbonyl (C=O) groups is 1. The van der Waals surface area contributed by atoms with Gasteiger partial charge in [-0.1, -0.05) is 55.5 Å². The molecule has 1 heterocycles. The van der Waals surface area contributed by atoms with E-state index in [2.05, 4.69) is 39.8 Å². The summed E-state index contributed by atoms with van der Waals surface area (Å²) in [4.78, 5) is 12.5. The van der Waals surface area contributed by atoms with Crippen molar-refractivity contribution in [2.24, 2.45) is 5.92 Å². The number of amides is 1. The third-order valence-electron chi connectivity index (χ3n) is 6.49. The number of hydrogen-bond donors (Lipinski definition) is 2. The average Bonchev–Trinajstić information content (AvgIpc) is 3.40. The first-order chi connectivity index (χ1) is 18.5. The fourth-order valence-corrected chi connectivity index (χ4v) is 4.59. The minimum absolute atomic E-state index is 0.00601. The highest BCUT2D eigenvalue weighted by Crippen LogP contribution is 2.36. The number of nitrogens with zero attached hydrogens (tertiary/aromatic N) is 3. The molecule has 1 amide bonds. The predicted molar refractivity (Wildman–Crippen MR) is 146 cm³/mol. The van der Waals surface area contributed by atoms with E-state index in [0.29, 0.717) is 17.3 Å². The Kier molecular flexibility index (Phi) is 8.38. The standard InChI is InChI=1S/C30H33F2N5O2/c1-18(2)14-26(21-6-8-23(9-7-21)29(38)33-17-27-34-36-37-35-27)39-25-15-19(3)28(20(4)16-25)22-10-12-24(13-11-22)30(5,31)32/h6-13,15-16,18,26H,14,17H2,1-5H3,(H,33,38)(H,34,35,36,37). The Bertz CT molecular complexity index is 1370. The molecule has 0 bridgehead atoms. The van der Waals surface area contributed by atoms with Crippen LogP contribution in [0.5, 0.6) is 5.75 Å². The minimum atomic E-state index is -2.87. The van der Waals surface area contributed by atoms with Crippen LogP contribution in [0.2, 0.25) is 0 Å². The topological polar surface area (TPSA) is 92.8 Å². The first kappa shape index (κ1) is 27.9. The quantitative estimate of drug-likeness (QED) is 0.237. The summed E-state index contributed by atoms with van der Waals surface area (Å²) in [6.07, 6.45) is 0.577. The van der Waals surface area contributed by atoms with Gasteiger partial charge in [-0.3, -0.25) is 4.79 Å². The van der Waals surface area contributed by atoms with E-state index in [9.17, 15) is 13.6 Å². The number of nitrogens with one attached hydrogen (secondary N) is 2. The van der Waals surface area contributed by atoms with Crippen LogP contribution < -0.4 is 10.1 Å². The third-order valence-corrected chi connectivity index (χ3v) is 6.49. The van der Waals surface area contributed by atoms with Gasteiger partial charge in [0.15, 0.2) is 5.82 Å². The normalized spacial score (nSPS) is 12.4. The first-order valence-corrected chi connectivity index (χ1v) is 12.9. The number of benzene rings is 3. The summed E-state index contributed by atoms with van der Waals surface area (Å²) in [7, 11) is 0. The van der Waals surface area contributed by atoms with Gasteiger partial charge >= 0.3 is 0 Å². The SMILES string of the molecule is Cc1cc(OC(CC(C)C)c2ccc(C(=O)NCc3nn[nH]n3)cc2)cc(C)c1-c1ccc(C(C)(F)F)cc1. The highest BCUT2D eigenvalue weighted by Gasteiger charge is 2.24. The number of H-pyrrole nitrogens is 1. The van der Waals surface area contributed by atoms with Gasteiger partial charge in [0.2, 0.25) is 0 Å². The summed E-state index contributed by atoms with van der Waals surface area (Å²) in [5, 5.41) is 16.3. The molecule has 0 saturated carbocycles. The summed E-state index contributed by atoms with van der Waals surface area (Å²) >= 11 is 0. The van der Waals surface area contributed by atoms with E-state index in [1.165, 1.54) is 12.1 Å². The van der Waals surface area contributed by atoms with E-state index >= 15 is 0 Å². The van der Waals surface area contributed by atoms with Crippen LogP contribution in [0.3, 0.4) is 0 Å². The Balaban J connectivity index is 1.51. The molecule has 4 aromatic rings. The van der Waals surface area contributed by atoms with Crippen LogP contribution in [-0.4, -0.2) is 26.5 Å². The van der Waals surface area contributed by atoms with Gasteiger partial charge in [0.25, 0.3) is 11.8 Å². The van der Waals surface area contributed by atoms with E-state index < -0.39 is 5.92 Å². The molecule has 0 aliphatic rings. The molecule has 2 N–H and O–H groups in total. The Morgan fingerprint density at radius 2 is 1.67 bits per heavy atom. The number of ether oxygens (including phenoxy) is 1. The number of carbonyl (C=O) groups excluding carboxylic acids is 1. The lowest BCUT2D eigenvalue weighted by Gasteiger charge is -2.23. The zero-order valence-corrected chi connectivity index (χ0v) is 22.8. The van der Waals surface area contributed by atoms with Crippen LogP contribution in [0.15, 0.2) is 60.7 Å². The lowest BCUT2D eigenvalue weighted by Crippen LogP contribution is -2.23. The summed E-state index contributed by atoms with van der Waals surface area (Å²) in [6.45, 7) is 9.35. The number of aryl methyl sites for hydroxylation is 2. The molecule has 0 aliphatic carbocycles. The van der Waals surface area contributed by atoms with Crippen molar-refractivity contribution >= 4 is 5.91 Å². The van der Waals surface area contributed by atoms with E-state index in [4.69, 9.17) is 4.74 Å². The van der Waals surface area contributed by atoms with E-state index in [1.54, 1.807) is 24.3 Å². The zero-order chi connectivity index (χ0) is 28.2. The molecule has 9 heteroatoms. The average molecular weight is 534 g/mol. The summed E-state index contributed by atoms with van der Waals surface area (Å²) in [5.74, 6) is -1.59. The summed E-state index contributed by atoms with van der Waals surface area (Å²) in [5.41, 5.74) is 5.37. The number of aromatic nitrogens is 4. The number of rotatable bonds is 10. The predicted octanol–water partition coefficient (Wildman–Crippen LogP) is 6.69. The largest absolute Gasteiger partial charge is 0.486 e. The second-order valence-corrected chi connectivity index (χ2v) is 10.3. The summed E-state index contributed by atoms with van der Waals surface area (Å²) in [6, 6.07) is 17.8. The second kappa shape index (κ2) is 11.7. The molecule has 3 aromatic carbocycles. The lowest BCUT2D eigenvalue weighted by molar-refractivity contribution is 0.0175. The first-order valence-electron chi connectivity index (χ1n) is 12.9. The number of alkyl halides is 2. The van der Waals surface area contributed by atoms with Gasteiger partial charge in [-0.05, 0) is 78.3 Å². The van der Waals surface area contributed by atoms with Gasteiger partial charge in [0.1, 0.15) is 11.9 Å². The molecule has 0 aliphatic heterocycles. The number of halogens is 2. The molecule has 4 rings (SSSR count). The molecule has 0 saturated heterocycles. The molecule has 7 nitrogen and oxygen atoms in total. The maximum absolute atomic E-state index is 13.7. The monoisotopic (exact) mass is 533 g/mol. The minimum Gasteiger partial charge on any atom is -0.486 e. The Labute approximate surface area is 227 Å². The van der Waals surface area contributed by atoms with Crippen molar-refractivity contribution in [1.82, 2.24) is 25.9 Å². The molecule has 0 fully saturated rings. The van der Waals surface area contributed by atoms with Gasteiger partial charge in [-0.25, -0.2) is 8.78 Å². The van der Waals surface area contributed by atoms with Crippen molar-refractivity contribution in [1.29, 1.82) is 0 Å². The van der Waals surface area contributed by atoms with Crippen molar-refractivity contribution < 1.29 is 18.3 Å². The fraction of sp³-hybridized carbons (Fsp3) is 0.333.